The van der Waals surface area contributed by atoms with Crippen LogP contribution in [0.15, 0.2) is 4.42 Å². The second kappa shape index (κ2) is 5.82. The molecule has 0 spiro atoms. The third-order valence-electron chi connectivity index (χ3n) is 2.46. The molecule has 0 aliphatic heterocycles. The minimum Gasteiger partial charge on any atom is -0.444 e. The van der Waals surface area contributed by atoms with Crippen molar-refractivity contribution in [2.24, 2.45) is 0 Å². The van der Waals surface area contributed by atoms with Gasteiger partial charge in [-0.15, -0.1) is 0 Å². The highest BCUT2D eigenvalue weighted by Crippen LogP contribution is 2.07. The zero-order chi connectivity index (χ0) is 13.0. The highest BCUT2D eigenvalue weighted by molar-refractivity contribution is 5.81. The molecule has 1 rings (SSSR count). The Morgan fingerprint density at radius 2 is 2.00 bits per heavy atom. The minimum atomic E-state index is -0.259. The van der Waals surface area contributed by atoms with Gasteiger partial charge in [-0.1, -0.05) is 0 Å². The van der Waals surface area contributed by atoms with Crippen LogP contribution in [0.1, 0.15) is 38.1 Å². The molecule has 1 aromatic rings. The van der Waals surface area contributed by atoms with Gasteiger partial charge in [0.15, 0.2) is 0 Å². The van der Waals surface area contributed by atoms with Gasteiger partial charge in [0.1, 0.15) is 5.76 Å². The van der Waals surface area contributed by atoms with E-state index in [4.69, 9.17) is 4.42 Å². The highest BCUT2D eigenvalue weighted by Gasteiger charge is 2.14. The number of hydrogen-bond donors (Lipinski definition) is 2. The van der Waals surface area contributed by atoms with E-state index in [0.717, 1.165) is 11.5 Å². The SMILES string of the molecule is Cc1nc(CNC(C)C(=O)NC(C)C)oc1C. The van der Waals surface area contributed by atoms with Crippen LogP contribution in [-0.2, 0) is 11.3 Å². The Morgan fingerprint density at radius 3 is 2.47 bits per heavy atom. The number of carbonyl (C=O) groups excluding carboxylic acids is 1. The fraction of sp³-hybridized carbons (Fsp3) is 0.667. The second-order valence-corrected chi connectivity index (χ2v) is 4.52. The first-order chi connectivity index (χ1) is 7.90. The van der Waals surface area contributed by atoms with E-state index in [2.05, 4.69) is 15.6 Å². The minimum absolute atomic E-state index is 0.0139. The summed E-state index contributed by atoms with van der Waals surface area (Å²) in [6.45, 7) is 9.93. The van der Waals surface area contributed by atoms with Crippen LogP contribution in [-0.4, -0.2) is 23.0 Å². The monoisotopic (exact) mass is 239 g/mol. The molecule has 2 N–H and O–H groups in total. The summed E-state index contributed by atoms with van der Waals surface area (Å²) in [6, 6.07) is -0.108. The maximum atomic E-state index is 11.6. The molecule has 5 nitrogen and oxygen atoms in total. The summed E-state index contributed by atoms with van der Waals surface area (Å²) in [5, 5.41) is 5.92. The fourth-order valence-corrected chi connectivity index (χ4v) is 1.36. The van der Waals surface area contributed by atoms with Gasteiger partial charge < -0.3 is 9.73 Å². The summed E-state index contributed by atoms with van der Waals surface area (Å²) in [7, 11) is 0. The fourth-order valence-electron chi connectivity index (χ4n) is 1.36. The largest absolute Gasteiger partial charge is 0.444 e. The molecule has 0 aliphatic rings. The van der Waals surface area contributed by atoms with Crippen LogP contribution < -0.4 is 10.6 Å². The summed E-state index contributed by atoms with van der Waals surface area (Å²) in [5.41, 5.74) is 0.890. The number of nitrogens with zero attached hydrogens (tertiary/aromatic N) is 1. The first-order valence-corrected chi connectivity index (χ1v) is 5.86. The molecule has 5 heteroatoms. The molecule has 0 aromatic carbocycles. The van der Waals surface area contributed by atoms with Gasteiger partial charge in [0, 0.05) is 6.04 Å². The zero-order valence-corrected chi connectivity index (χ0v) is 11.1. The van der Waals surface area contributed by atoms with Crippen molar-refractivity contribution in [3.8, 4) is 0 Å². The smallest absolute Gasteiger partial charge is 0.237 e. The molecule has 1 aromatic heterocycles. The third kappa shape index (κ3) is 4.19. The van der Waals surface area contributed by atoms with E-state index in [9.17, 15) is 4.79 Å². The lowest BCUT2D eigenvalue weighted by Gasteiger charge is -2.14. The molecule has 0 bridgehead atoms. The van der Waals surface area contributed by atoms with Crippen molar-refractivity contribution < 1.29 is 9.21 Å². The number of carbonyl (C=O) groups is 1. The van der Waals surface area contributed by atoms with E-state index in [0.29, 0.717) is 12.4 Å². The average Bonchev–Trinajstić information content (AvgIpc) is 2.54. The number of oxazole rings is 1. The molecular weight excluding hydrogens is 218 g/mol. The predicted molar refractivity (Wildman–Crippen MR) is 65.6 cm³/mol. The number of aromatic nitrogens is 1. The van der Waals surface area contributed by atoms with E-state index in [1.165, 1.54) is 0 Å². The quantitative estimate of drug-likeness (QED) is 0.812. The van der Waals surface area contributed by atoms with Gasteiger partial charge >= 0.3 is 0 Å². The predicted octanol–water partition coefficient (Wildman–Crippen LogP) is 1.29. The van der Waals surface area contributed by atoms with Crippen LogP contribution >= 0.6 is 0 Å². The molecular formula is C12H21N3O2. The molecule has 0 fully saturated rings. The Hall–Kier alpha value is -1.36. The standard InChI is InChI=1S/C12H21N3O2/c1-7(2)14-12(16)9(4)13-6-11-15-8(3)10(5)17-11/h7,9,13H,6H2,1-5H3,(H,14,16). The van der Waals surface area contributed by atoms with Gasteiger partial charge in [-0.25, -0.2) is 4.98 Å². The van der Waals surface area contributed by atoms with E-state index in [1.807, 2.05) is 34.6 Å². The van der Waals surface area contributed by atoms with Crippen molar-refractivity contribution in [2.75, 3.05) is 0 Å². The number of rotatable bonds is 5. The zero-order valence-electron chi connectivity index (χ0n) is 11.1. The lowest BCUT2D eigenvalue weighted by molar-refractivity contribution is -0.123. The maximum Gasteiger partial charge on any atom is 0.237 e. The Labute approximate surface area is 102 Å². The molecule has 0 saturated heterocycles. The third-order valence-corrected chi connectivity index (χ3v) is 2.46. The van der Waals surface area contributed by atoms with Gasteiger partial charge in [-0.05, 0) is 34.6 Å². The normalized spacial score (nSPS) is 12.8. The van der Waals surface area contributed by atoms with Crippen LogP contribution in [0.2, 0.25) is 0 Å². The summed E-state index contributed by atoms with van der Waals surface area (Å²) in [6.07, 6.45) is 0. The Morgan fingerprint density at radius 1 is 1.35 bits per heavy atom. The number of amides is 1. The summed E-state index contributed by atoms with van der Waals surface area (Å²) < 4.78 is 5.42. The van der Waals surface area contributed by atoms with Crippen LogP contribution in [0, 0.1) is 13.8 Å². The van der Waals surface area contributed by atoms with E-state index in [-0.39, 0.29) is 18.0 Å². The van der Waals surface area contributed by atoms with Crippen molar-refractivity contribution in [3.63, 3.8) is 0 Å². The highest BCUT2D eigenvalue weighted by atomic mass is 16.4. The molecule has 0 aliphatic carbocycles. The molecule has 1 unspecified atom stereocenters. The van der Waals surface area contributed by atoms with Crippen molar-refractivity contribution in [3.05, 3.63) is 17.3 Å². The topological polar surface area (TPSA) is 67.2 Å². The van der Waals surface area contributed by atoms with Gasteiger partial charge in [0.25, 0.3) is 0 Å². The molecule has 17 heavy (non-hydrogen) atoms. The molecule has 1 atom stereocenters. The van der Waals surface area contributed by atoms with Gasteiger partial charge in [0.05, 0.1) is 18.3 Å². The van der Waals surface area contributed by atoms with E-state index in [1.54, 1.807) is 0 Å². The van der Waals surface area contributed by atoms with Crippen LogP contribution in [0.4, 0.5) is 0 Å². The second-order valence-electron chi connectivity index (χ2n) is 4.52. The van der Waals surface area contributed by atoms with E-state index < -0.39 is 0 Å². The molecule has 96 valence electrons. The molecule has 0 saturated carbocycles. The van der Waals surface area contributed by atoms with Crippen molar-refractivity contribution in [1.29, 1.82) is 0 Å². The first-order valence-electron chi connectivity index (χ1n) is 5.86. The first kappa shape index (κ1) is 13.7. The van der Waals surface area contributed by atoms with Gasteiger partial charge in [0.2, 0.25) is 11.8 Å². The van der Waals surface area contributed by atoms with Crippen molar-refractivity contribution in [2.45, 2.75) is 53.2 Å². The average molecular weight is 239 g/mol. The summed E-state index contributed by atoms with van der Waals surface area (Å²) >= 11 is 0. The van der Waals surface area contributed by atoms with Crippen LogP contribution in [0.25, 0.3) is 0 Å². The number of nitrogens with one attached hydrogen (secondary N) is 2. The molecule has 1 amide bonds. The maximum absolute atomic E-state index is 11.6. The van der Waals surface area contributed by atoms with Crippen molar-refractivity contribution >= 4 is 5.91 Å². The number of hydrogen-bond acceptors (Lipinski definition) is 4. The van der Waals surface area contributed by atoms with Crippen molar-refractivity contribution in [1.82, 2.24) is 15.6 Å². The Kier molecular flexibility index (Phi) is 4.69. The molecule has 1 heterocycles. The Balaban J connectivity index is 2.42. The Bertz CT molecular complexity index is 366. The van der Waals surface area contributed by atoms with Gasteiger partial charge in [-0.2, -0.15) is 0 Å². The van der Waals surface area contributed by atoms with Crippen LogP contribution in [0.5, 0.6) is 0 Å². The molecule has 0 radical (unpaired) electrons. The van der Waals surface area contributed by atoms with Crippen LogP contribution in [0.3, 0.4) is 0 Å². The summed E-state index contributed by atoms with van der Waals surface area (Å²) in [5.74, 6) is 1.42. The lowest BCUT2D eigenvalue weighted by atomic mass is 10.3. The van der Waals surface area contributed by atoms with E-state index >= 15 is 0 Å². The number of aryl methyl sites for hydroxylation is 2. The summed E-state index contributed by atoms with van der Waals surface area (Å²) in [4.78, 5) is 15.9. The lowest BCUT2D eigenvalue weighted by Crippen LogP contribution is -2.44. The van der Waals surface area contributed by atoms with Gasteiger partial charge in [-0.3, -0.25) is 10.1 Å².